The zero-order valence-corrected chi connectivity index (χ0v) is 14.3. The van der Waals surface area contributed by atoms with Crippen molar-refractivity contribution in [3.05, 3.63) is 27.1 Å². The molecule has 0 bridgehead atoms. The van der Waals surface area contributed by atoms with Crippen LogP contribution in [0, 0.1) is 0 Å². The van der Waals surface area contributed by atoms with E-state index in [4.69, 9.17) is 0 Å². The molecule has 1 aromatic rings. The van der Waals surface area contributed by atoms with E-state index in [1.54, 1.807) is 18.2 Å². The maximum absolute atomic E-state index is 11.9. The number of halogens is 2. The van der Waals surface area contributed by atoms with Crippen LogP contribution in [0.3, 0.4) is 0 Å². The molecule has 0 aliphatic rings. The molecule has 0 spiro atoms. The third-order valence-electron chi connectivity index (χ3n) is 2.79. The van der Waals surface area contributed by atoms with Crippen LogP contribution in [0.1, 0.15) is 26.7 Å². The molecule has 0 fully saturated rings. The van der Waals surface area contributed by atoms with Gasteiger partial charge in [-0.2, -0.15) is 0 Å². The number of nitrogens with one attached hydrogen (secondary N) is 2. The van der Waals surface area contributed by atoms with Crippen LogP contribution >= 0.6 is 31.9 Å². The summed E-state index contributed by atoms with van der Waals surface area (Å²) in [5.41, 5.74) is -0.712. The van der Waals surface area contributed by atoms with Gasteiger partial charge in [-0.05, 0) is 47.5 Å². The molecule has 110 valence electrons. The number of carbonyl (C=O) groups excluding carboxylic acids is 1. The highest BCUT2D eigenvalue weighted by Gasteiger charge is 2.33. The van der Waals surface area contributed by atoms with Crippen molar-refractivity contribution < 1.29 is 14.7 Å². The molecular weight excluding hydrogens is 392 g/mol. The van der Waals surface area contributed by atoms with Crippen molar-refractivity contribution in [3.63, 3.8) is 0 Å². The molecule has 0 aromatic heterocycles. The highest BCUT2D eigenvalue weighted by Crippen LogP contribution is 2.26. The highest BCUT2D eigenvalue weighted by atomic mass is 79.9. The summed E-state index contributed by atoms with van der Waals surface area (Å²) < 4.78 is 1.58. The van der Waals surface area contributed by atoms with Crippen LogP contribution in [0.15, 0.2) is 27.1 Å². The number of carbonyl (C=O) groups is 2. The number of aliphatic carboxylic acids is 1. The van der Waals surface area contributed by atoms with Crippen LogP contribution in [-0.4, -0.2) is 22.6 Å². The zero-order valence-electron chi connectivity index (χ0n) is 11.2. The first-order valence-electron chi connectivity index (χ1n) is 6.06. The molecule has 2 amide bonds. The van der Waals surface area contributed by atoms with Crippen LogP contribution < -0.4 is 10.6 Å². The molecule has 0 radical (unpaired) electrons. The van der Waals surface area contributed by atoms with E-state index in [1.165, 1.54) is 6.92 Å². The number of carboxylic acids is 1. The minimum Gasteiger partial charge on any atom is -0.480 e. The Morgan fingerprint density at radius 3 is 2.50 bits per heavy atom. The maximum Gasteiger partial charge on any atom is 0.329 e. The summed E-state index contributed by atoms with van der Waals surface area (Å²) in [5.74, 6) is -1.05. The Hall–Kier alpha value is -1.08. The Kier molecular flexibility index (Phi) is 6.01. The van der Waals surface area contributed by atoms with Crippen molar-refractivity contribution >= 4 is 49.5 Å². The third kappa shape index (κ3) is 4.49. The molecule has 3 N–H and O–H groups in total. The van der Waals surface area contributed by atoms with Crippen molar-refractivity contribution in [2.45, 2.75) is 32.2 Å². The molecule has 0 heterocycles. The predicted octanol–water partition coefficient (Wildman–Crippen LogP) is 3.98. The van der Waals surface area contributed by atoms with E-state index in [2.05, 4.69) is 42.5 Å². The number of rotatable bonds is 5. The summed E-state index contributed by atoms with van der Waals surface area (Å²) in [4.78, 5) is 23.2. The molecule has 1 unspecified atom stereocenters. The number of hydrogen-bond acceptors (Lipinski definition) is 2. The van der Waals surface area contributed by atoms with E-state index >= 15 is 0 Å². The Balaban J connectivity index is 2.78. The van der Waals surface area contributed by atoms with Crippen LogP contribution in [0.4, 0.5) is 10.5 Å². The molecule has 0 saturated heterocycles. The second-order valence-corrected chi connectivity index (χ2v) is 6.36. The zero-order chi connectivity index (χ0) is 15.3. The van der Waals surface area contributed by atoms with Gasteiger partial charge in [0, 0.05) is 8.95 Å². The lowest BCUT2D eigenvalue weighted by molar-refractivity contribution is -0.143. The molecule has 1 rings (SSSR count). The van der Waals surface area contributed by atoms with E-state index in [0.717, 1.165) is 4.47 Å². The standard InChI is InChI=1S/C13H16Br2N2O3/c1-3-6-13(2,11(18)19)17-12(20)16-10-5-4-8(14)7-9(10)15/h4-5,7H,3,6H2,1-2H3,(H,18,19)(H2,16,17,20). The maximum atomic E-state index is 11.9. The SMILES string of the molecule is CCCC(C)(NC(=O)Nc1ccc(Br)cc1Br)C(=O)O. The van der Waals surface area contributed by atoms with Crippen LogP contribution in [0.25, 0.3) is 0 Å². The minimum absolute atomic E-state index is 0.358. The monoisotopic (exact) mass is 406 g/mol. The average Bonchev–Trinajstić information content (AvgIpc) is 2.32. The molecule has 0 aliphatic carbocycles. The van der Waals surface area contributed by atoms with Crippen molar-refractivity contribution in [1.82, 2.24) is 5.32 Å². The fourth-order valence-corrected chi connectivity index (χ4v) is 2.86. The highest BCUT2D eigenvalue weighted by molar-refractivity contribution is 9.11. The lowest BCUT2D eigenvalue weighted by Gasteiger charge is -2.26. The summed E-state index contributed by atoms with van der Waals surface area (Å²) >= 11 is 6.64. The second-order valence-electron chi connectivity index (χ2n) is 4.59. The second kappa shape index (κ2) is 7.08. The Labute approximate surface area is 134 Å². The number of urea groups is 1. The van der Waals surface area contributed by atoms with Crippen molar-refractivity contribution in [2.75, 3.05) is 5.32 Å². The van der Waals surface area contributed by atoms with Gasteiger partial charge in [0.25, 0.3) is 0 Å². The number of amides is 2. The molecule has 0 aliphatic heterocycles. The van der Waals surface area contributed by atoms with Gasteiger partial charge >= 0.3 is 12.0 Å². The van der Waals surface area contributed by atoms with Crippen LogP contribution in [0.5, 0.6) is 0 Å². The summed E-state index contributed by atoms with van der Waals surface area (Å²) in [6.45, 7) is 3.36. The third-order valence-corrected chi connectivity index (χ3v) is 3.94. The van der Waals surface area contributed by atoms with Gasteiger partial charge < -0.3 is 15.7 Å². The van der Waals surface area contributed by atoms with Gasteiger partial charge in [0.1, 0.15) is 5.54 Å². The van der Waals surface area contributed by atoms with E-state index in [1.807, 2.05) is 6.92 Å². The van der Waals surface area contributed by atoms with Gasteiger partial charge in [-0.1, -0.05) is 29.3 Å². The van der Waals surface area contributed by atoms with Crippen molar-refractivity contribution in [3.8, 4) is 0 Å². The van der Waals surface area contributed by atoms with Gasteiger partial charge in [0.2, 0.25) is 0 Å². The lowest BCUT2D eigenvalue weighted by atomic mass is 9.97. The number of carboxylic acid groups (broad SMARTS) is 1. The number of anilines is 1. The Morgan fingerprint density at radius 2 is 2.00 bits per heavy atom. The fourth-order valence-electron chi connectivity index (χ4n) is 1.72. The van der Waals surface area contributed by atoms with E-state index in [-0.39, 0.29) is 0 Å². The molecule has 0 saturated carbocycles. The molecule has 5 nitrogen and oxygen atoms in total. The first-order valence-corrected chi connectivity index (χ1v) is 7.64. The minimum atomic E-state index is -1.28. The van der Waals surface area contributed by atoms with Gasteiger partial charge in [-0.25, -0.2) is 9.59 Å². The van der Waals surface area contributed by atoms with Crippen molar-refractivity contribution in [1.29, 1.82) is 0 Å². The van der Waals surface area contributed by atoms with Gasteiger partial charge in [0.15, 0.2) is 0 Å². The normalized spacial score (nSPS) is 13.4. The van der Waals surface area contributed by atoms with Gasteiger partial charge in [-0.15, -0.1) is 0 Å². The summed E-state index contributed by atoms with van der Waals surface area (Å²) in [7, 11) is 0. The topological polar surface area (TPSA) is 78.4 Å². The summed E-state index contributed by atoms with van der Waals surface area (Å²) in [5, 5.41) is 14.3. The summed E-state index contributed by atoms with van der Waals surface area (Å²) in [6, 6.07) is 4.73. The first-order chi connectivity index (χ1) is 9.28. The molecular formula is C13H16Br2N2O3. The number of benzene rings is 1. The molecule has 1 atom stereocenters. The van der Waals surface area contributed by atoms with Gasteiger partial charge in [0.05, 0.1) is 5.69 Å². The lowest BCUT2D eigenvalue weighted by Crippen LogP contribution is -2.53. The average molecular weight is 408 g/mol. The van der Waals surface area contributed by atoms with Crippen LogP contribution in [0.2, 0.25) is 0 Å². The molecule has 20 heavy (non-hydrogen) atoms. The predicted molar refractivity (Wildman–Crippen MR) is 84.9 cm³/mol. The van der Waals surface area contributed by atoms with Crippen LogP contribution in [-0.2, 0) is 4.79 Å². The smallest absolute Gasteiger partial charge is 0.329 e. The Morgan fingerprint density at radius 1 is 1.35 bits per heavy atom. The van der Waals surface area contributed by atoms with E-state index in [0.29, 0.717) is 23.0 Å². The summed E-state index contributed by atoms with van der Waals surface area (Å²) in [6.07, 6.45) is 1.02. The molecule has 1 aromatic carbocycles. The van der Waals surface area contributed by atoms with E-state index < -0.39 is 17.5 Å². The van der Waals surface area contributed by atoms with Gasteiger partial charge in [-0.3, -0.25) is 0 Å². The number of hydrogen-bond donors (Lipinski definition) is 3. The fraction of sp³-hybridized carbons (Fsp3) is 0.385. The molecule has 7 heteroatoms. The quantitative estimate of drug-likeness (QED) is 0.690. The Bertz CT molecular complexity index is 522. The van der Waals surface area contributed by atoms with E-state index in [9.17, 15) is 14.7 Å². The largest absolute Gasteiger partial charge is 0.480 e. The first kappa shape index (κ1) is 17.0. The van der Waals surface area contributed by atoms with Crippen molar-refractivity contribution in [2.24, 2.45) is 0 Å².